The molecule has 0 radical (unpaired) electrons. The molecule has 0 saturated heterocycles. The van der Waals surface area contributed by atoms with E-state index in [0.29, 0.717) is 5.02 Å². The summed E-state index contributed by atoms with van der Waals surface area (Å²) >= 11 is 11.8. The number of nitrogens with zero attached hydrogens (tertiary/aromatic N) is 2. The zero-order chi connectivity index (χ0) is 26.5. The Hall–Kier alpha value is -2.36. The first-order valence-corrected chi connectivity index (χ1v) is 14.3. The lowest BCUT2D eigenvalue weighted by atomic mass is 9.95. The van der Waals surface area contributed by atoms with Crippen molar-refractivity contribution in [1.82, 2.24) is 10.2 Å². The highest BCUT2D eigenvalue weighted by atomic mass is 35.5. The smallest absolute Gasteiger partial charge is 0.244 e. The third-order valence-corrected chi connectivity index (χ3v) is 7.94. The molecule has 0 unspecified atom stereocenters. The molecule has 1 N–H and O–H groups in total. The highest BCUT2D eigenvalue weighted by Gasteiger charge is 2.31. The van der Waals surface area contributed by atoms with Gasteiger partial charge < -0.3 is 10.2 Å². The van der Waals surface area contributed by atoms with Crippen LogP contribution in [0.2, 0.25) is 10.0 Å². The molecule has 2 aromatic carbocycles. The Balaban J connectivity index is 1.87. The summed E-state index contributed by atoms with van der Waals surface area (Å²) in [7, 11) is -3.94. The van der Waals surface area contributed by atoms with E-state index >= 15 is 0 Å². The molecule has 7 nitrogen and oxygen atoms in total. The van der Waals surface area contributed by atoms with Crippen molar-refractivity contribution in [3.05, 3.63) is 63.9 Å². The minimum Gasteiger partial charge on any atom is -0.352 e. The third kappa shape index (κ3) is 7.57. The van der Waals surface area contributed by atoms with Gasteiger partial charge in [0.2, 0.25) is 21.8 Å². The summed E-state index contributed by atoms with van der Waals surface area (Å²) < 4.78 is 39.7. The number of carbonyl (C=O) groups is 2. The minimum atomic E-state index is -3.94. The van der Waals surface area contributed by atoms with Gasteiger partial charge in [-0.3, -0.25) is 13.9 Å². The fourth-order valence-corrected chi connectivity index (χ4v) is 5.33. The average molecular weight is 559 g/mol. The highest BCUT2D eigenvalue weighted by molar-refractivity contribution is 7.92. The third-order valence-electron chi connectivity index (χ3n) is 6.26. The molecule has 3 rings (SSSR count). The lowest BCUT2D eigenvalue weighted by Crippen LogP contribution is -2.52. The molecule has 0 aliphatic heterocycles. The van der Waals surface area contributed by atoms with E-state index in [-0.39, 0.29) is 29.2 Å². The van der Waals surface area contributed by atoms with Crippen LogP contribution in [-0.2, 0) is 26.2 Å². The van der Waals surface area contributed by atoms with Crippen LogP contribution >= 0.6 is 23.2 Å². The lowest BCUT2D eigenvalue weighted by molar-refractivity contribution is -0.139. The van der Waals surface area contributed by atoms with Gasteiger partial charge in [-0.2, -0.15) is 0 Å². The molecule has 0 spiro atoms. The van der Waals surface area contributed by atoms with Crippen molar-refractivity contribution in [2.24, 2.45) is 0 Å². The van der Waals surface area contributed by atoms with E-state index in [2.05, 4.69) is 5.32 Å². The number of hydrogen-bond acceptors (Lipinski definition) is 4. The molecule has 1 fully saturated rings. The number of halogens is 3. The first-order valence-electron chi connectivity index (χ1n) is 11.7. The summed E-state index contributed by atoms with van der Waals surface area (Å²) in [4.78, 5) is 28.0. The molecule has 1 atom stereocenters. The monoisotopic (exact) mass is 557 g/mol. The molecule has 2 aromatic rings. The number of sulfonamides is 1. The lowest BCUT2D eigenvalue weighted by Gasteiger charge is -2.33. The van der Waals surface area contributed by atoms with Gasteiger partial charge in [-0.25, -0.2) is 12.8 Å². The maximum atomic E-state index is 13.7. The van der Waals surface area contributed by atoms with E-state index in [9.17, 15) is 22.4 Å². The van der Waals surface area contributed by atoms with Crippen LogP contribution in [0.4, 0.5) is 10.1 Å². The molecule has 1 aliphatic carbocycles. The molecule has 1 saturated carbocycles. The van der Waals surface area contributed by atoms with Crippen molar-refractivity contribution >= 4 is 50.7 Å². The summed E-state index contributed by atoms with van der Waals surface area (Å²) in [6, 6.07) is 9.43. The number of rotatable bonds is 9. The quantitative estimate of drug-likeness (QED) is 0.481. The van der Waals surface area contributed by atoms with E-state index < -0.39 is 34.3 Å². The fraction of sp³-hybridized carbons (Fsp3) is 0.440. The van der Waals surface area contributed by atoms with E-state index in [4.69, 9.17) is 23.2 Å². The second-order valence-electron chi connectivity index (χ2n) is 9.04. The van der Waals surface area contributed by atoms with Crippen LogP contribution in [0.3, 0.4) is 0 Å². The van der Waals surface area contributed by atoms with Gasteiger partial charge in [0.15, 0.2) is 0 Å². The SMILES string of the molecule is C[C@@H](C(=O)NC1CCCCC1)N(Cc1ccc(Cl)cc1)C(=O)CN(c1ccc(F)c(Cl)c1)S(C)(=O)=O. The molecule has 2 amide bonds. The maximum Gasteiger partial charge on any atom is 0.244 e. The molecule has 196 valence electrons. The topological polar surface area (TPSA) is 86.8 Å². The first kappa shape index (κ1) is 28.2. The van der Waals surface area contributed by atoms with Crippen LogP contribution in [-0.4, -0.2) is 50.0 Å². The van der Waals surface area contributed by atoms with Crippen LogP contribution in [0.5, 0.6) is 0 Å². The molecule has 36 heavy (non-hydrogen) atoms. The largest absolute Gasteiger partial charge is 0.352 e. The molecule has 0 bridgehead atoms. The fourth-order valence-electron chi connectivity index (χ4n) is 4.19. The minimum absolute atomic E-state index is 0.0444. The predicted octanol–water partition coefficient (Wildman–Crippen LogP) is 4.76. The average Bonchev–Trinajstić information content (AvgIpc) is 2.83. The van der Waals surface area contributed by atoms with Crippen LogP contribution in [0.15, 0.2) is 42.5 Å². The van der Waals surface area contributed by atoms with Crippen LogP contribution in [0, 0.1) is 5.82 Å². The van der Waals surface area contributed by atoms with Gasteiger partial charge in [0.25, 0.3) is 0 Å². The molecule has 1 aliphatic rings. The molecule has 11 heteroatoms. The van der Waals surface area contributed by atoms with Gasteiger partial charge in [-0.15, -0.1) is 0 Å². The number of amides is 2. The van der Waals surface area contributed by atoms with Gasteiger partial charge >= 0.3 is 0 Å². The van der Waals surface area contributed by atoms with Crippen molar-refractivity contribution < 1.29 is 22.4 Å². The Kier molecular flexibility index (Phi) is 9.60. The first-order chi connectivity index (χ1) is 17.0. The molecule has 0 aromatic heterocycles. The molecular formula is C25H30Cl2FN3O4S. The summed E-state index contributed by atoms with van der Waals surface area (Å²) in [5.41, 5.74) is 0.767. The van der Waals surface area contributed by atoms with Crippen LogP contribution in [0.1, 0.15) is 44.6 Å². The summed E-state index contributed by atoms with van der Waals surface area (Å²) in [5, 5.41) is 3.29. The van der Waals surface area contributed by atoms with E-state index in [0.717, 1.165) is 60.4 Å². The van der Waals surface area contributed by atoms with Gasteiger partial charge in [-0.05, 0) is 55.7 Å². The molecular weight excluding hydrogens is 528 g/mol. The second-order valence-corrected chi connectivity index (χ2v) is 11.8. The number of benzene rings is 2. The van der Waals surface area contributed by atoms with E-state index in [1.807, 2.05) is 0 Å². The van der Waals surface area contributed by atoms with Gasteiger partial charge in [0, 0.05) is 17.6 Å². The zero-order valence-corrected chi connectivity index (χ0v) is 22.5. The van der Waals surface area contributed by atoms with Crippen LogP contribution in [0.25, 0.3) is 0 Å². The van der Waals surface area contributed by atoms with Crippen molar-refractivity contribution in [1.29, 1.82) is 0 Å². The number of nitrogens with one attached hydrogen (secondary N) is 1. The standard InChI is InChI=1S/C25H30Cl2FN3O4S/c1-17(25(33)29-20-6-4-3-5-7-20)30(15-18-8-10-19(26)11-9-18)24(32)16-31(36(2,34)35)21-12-13-23(28)22(27)14-21/h8-14,17,20H,3-7,15-16H2,1-2H3,(H,29,33)/t17-/m0/s1. The van der Waals surface area contributed by atoms with Gasteiger partial charge in [0.1, 0.15) is 18.4 Å². The zero-order valence-electron chi connectivity index (χ0n) is 20.2. The Morgan fingerprint density at radius 1 is 1.08 bits per heavy atom. The predicted molar refractivity (Wildman–Crippen MR) is 140 cm³/mol. The maximum absolute atomic E-state index is 13.7. The summed E-state index contributed by atoms with van der Waals surface area (Å²) in [6.07, 6.45) is 5.93. The molecule has 0 heterocycles. The van der Waals surface area contributed by atoms with Crippen molar-refractivity contribution in [2.45, 2.75) is 57.7 Å². The summed E-state index contributed by atoms with van der Waals surface area (Å²) in [6.45, 7) is 1.10. The highest BCUT2D eigenvalue weighted by Crippen LogP contribution is 2.25. The van der Waals surface area contributed by atoms with E-state index in [1.165, 1.54) is 11.0 Å². The van der Waals surface area contributed by atoms with Crippen molar-refractivity contribution in [2.75, 3.05) is 17.1 Å². The van der Waals surface area contributed by atoms with Crippen LogP contribution < -0.4 is 9.62 Å². The normalized spacial score (nSPS) is 15.2. The van der Waals surface area contributed by atoms with Crippen molar-refractivity contribution in [3.8, 4) is 0 Å². The number of anilines is 1. The Labute approximate surface area is 221 Å². The Morgan fingerprint density at radius 2 is 1.72 bits per heavy atom. The summed E-state index contributed by atoms with van der Waals surface area (Å²) in [5.74, 6) is -1.61. The van der Waals surface area contributed by atoms with E-state index in [1.54, 1.807) is 31.2 Å². The van der Waals surface area contributed by atoms with Gasteiger partial charge in [0.05, 0.1) is 17.0 Å². The number of carbonyl (C=O) groups excluding carboxylic acids is 2. The van der Waals surface area contributed by atoms with Gasteiger partial charge in [-0.1, -0.05) is 54.6 Å². The van der Waals surface area contributed by atoms with Crippen molar-refractivity contribution in [3.63, 3.8) is 0 Å². The second kappa shape index (κ2) is 12.3. The Morgan fingerprint density at radius 3 is 2.31 bits per heavy atom. The number of hydrogen-bond donors (Lipinski definition) is 1. The Bertz CT molecular complexity index is 1190.